The number of likely N-dealkylation sites (tertiary alicyclic amines) is 1. The summed E-state index contributed by atoms with van der Waals surface area (Å²) in [5.41, 5.74) is -7.48. The van der Waals surface area contributed by atoms with E-state index in [2.05, 4.69) is 0 Å². The van der Waals surface area contributed by atoms with Crippen LogP contribution >= 0.6 is 0 Å². The maximum atomic E-state index is 13.4. The normalized spacial score (nSPS) is 26.7. The second-order valence-electron chi connectivity index (χ2n) is 4.55. The molecule has 0 N–H and O–H groups in total. The third kappa shape index (κ3) is 2.52. The van der Waals surface area contributed by atoms with E-state index >= 15 is 0 Å². The Balaban J connectivity index is 0.00000625. The van der Waals surface area contributed by atoms with Crippen LogP contribution in [0, 0.1) is 0 Å². The average Bonchev–Trinajstić information content (AvgIpc) is 2.40. The van der Waals surface area contributed by atoms with Gasteiger partial charge in [-0.2, -0.15) is 57.1 Å². The predicted octanol–water partition coefficient (Wildman–Crippen LogP) is -0.625. The molecule has 1 aliphatic heterocycles. The Kier molecular flexibility index (Phi) is 5.85. The molecule has 0 spiro atoms. The van der Waals surface area contributed by atoms with Gasteiger partial charge in [0.1, 0.15) is 0 Å². The van der Waals surface area contributed by atoms with Crippen LogP contribution in [-0.4, -0.2) is 52.7 Å². The van der Waals surface area contributed by atoms with Gasteiger partial charge in [-0.1, -0.05) is 0 Å². The zero-order chi connectivity index (χ0) is 20.7. The molecular formula is C8F14NNaO2. The molecule has 1 rings (SSSR count). The van der Waals surface area contributed by atoms with Crippen LogP contribution in [-0.2, 0) is 4.79 Å². The smallest absolute Gasteiger partial charge is 0.546 e. The number of carboxylic acids is 1. The fraction of sp³-hybridized carbons (Fsp3) is 0.875. The van der Waals surface area contributed by atoms with E-state index in [-0.39, 0.29) is 29.6 Å². The molecule has 26 heavy (non-hydrogen) atoms. The maximum absolute atomic E-state index is 13.4. The molecule has 1 fully saturated rings. The van der Waals surface area contributed by atoms with Crippen molar-refractivity contribution in [2.24, 2.45) is 0 Å². The molecule has 0 saturated carbocycles. The zero-order valence-electron chi connectivity index (χ0n) is 11.6. The van der Waals surface area contributed by atoms with Crippen molar-refractivity contribution in [3.8, 4) is 0 Å². The molecule has 0 aliphatic carbocycles. The first kappa shape index (κ1) is 25.4. The Labute approximate surface area is 154 Å². The summed E-state index contributed by atoms with van der Waals surface area (Å²) in [5, 5.41) is 10.0. The number of halogens is 14. The van der Waals surface area contributed by atoms with E-state index < -0.39 is 52.7 Å². The van der Waals surface area contributed by atoms with Gasteiger partial charge in [-0.05, 0) is 0 Å². The quantitative estimate of drug-likeness (QED) is 0.340. The molecule has 1 heterocycles. The van der Waals surface area contributed by atoms with E-state index in [9.17, 15) is 71.4 Å². The monoisotopic (exact) mass is 431 g/mol. The van der Waals surface area contributed by atoms with Gasteiger partial charge < -0.3 is 9.90 Å². The van der Waals surface area contributed by atoms with Crippen LogP contribution in [0.2, 0.25) is 0 Å². The SMILES string of the molecule is O=C([O-])C(F)(C(F)(F)F)C(F)(F)N1C(F)(F)C(F)(F)C(F)(F)C1(F)F.[Na+]. The van der Waals surface area contributed by atoms with Crippen LogP contribution in [0.4, 0.5) is 61.5 Å². The molecule has 1 aliphatic rings. The number of carboxylic acid groups (broad SMARTS) is 1. The topological polar surface area (TPSA) is 43.4 Å². The van der Waals surface area contributed by atoms with Crippen molar-refractivity contribution >= 4 is 5.97 Å². The molecule has 18 heteroatoms. The third-order valence-corrected chi connectivity index (χ3v) is 3.08. The number of alkyl halides is 14. The summed E-state index contributed by atoms with van der Waals surface area (Å²) >= 11 is 0. The molecule has 0 aromatic rings. The minimum atomic E-state index is -7.86. The van der Waals surface area contributed by atoms with Crippen molar-refractivity contribution in [2.45, 2.75) is 41.8 Å². The first-order valence-corrected chi connectivity index (χ1v) is 5.22. The number of carbonyl (C=O) groups is 1. The molecule has 1 atom stereocenters. The van der Waals surface area contributed by atoms with E-state index in [0.29, 0.717) is 0 Å². The number of aliphatic carboxylic acids is 1. The average molecular weight is 431 g/mol. The minimum Gasteiger partial charge on any atom is -0.546 e. The van der Waals surface area contributed by atoms with Crippen LogP contribution in [0.15, 0.2) is 0 Å². The summed E-state index contributed by atoms with van der Waals surface area (Å²) in [6.07, 6.45) is -7.52. The van der Waals surface area contributed by atoms with Crippen molar-refractivity contribution in [1.82, 2.24) is 4.90 Å². The fourth-order valence-electron chi connectivity index (χ4n) is 1.75. The van der Waals surface area contributed by atoms with Crippen LogP contribution < -0.4 is 34.7 Å². The molecular weight excluding hydrogens is 431 g/mol. The second kappa shape index (κ2) is 5.97. The van der Waals surface area contributed by atoms with E-state index in [1.807, 2.05) is 0 Å². The first-order valence-electron chi connectivity index (χ1n) is 5.22. The van der Waals surface area contributed by atoms with Gasteiger partial charge in [0.15, 0.2) is 0 Å². The zero-order valence-corrected chi connectivity index (χ0v) is 13.6. The number of hydrogen-bond acceptors (Lipinski definition) is 3. The molecule has 1 saturated heterocycles. The van der Waals surface area contributed by atoms with Crippen molar-refractivity contribution in [3.05, 3.63) is 0 Å². The summed E-state index contributed by atoms with van der Waals surface area (Å²) in [7, 11) is 0. The largest absolute Gasteiger partial charge is 1.00 e. The standard InChI is InChI=1S/C8HF14NO2.Na/c9-2(1(24)25,5(14,15)16)6(17,18)23-7(19,20)3(10,11)4(12,13)8(23,21)22;/h(H,24,25);/q;+1/p-1. The van der Waals surface area contributed by atoms with Gasteiger partial charge in [0.2, 0.25) is 0 Å². The van der Waals surface area contributed by atoms with Crippen molar-refractivity contribution < 1.29 is 101 Å². The van der Waals surface area contributed by atoms with Crippen LogP contribution in [0.1, 0.15) is 0 Å². The molecule has 0 aromatic carbocycles. The summed E-state index contributed by atoms with van der Waals surface area (Å²) in [6.45, 7) is 0. The molecule has 0 bridgehead atoms. The van der Waals surface area contributed by atoms with Crippen LogP contribution in [0.25, 0.3) is 0 Å². The van der Waals surface area contributed by atoms with Crippen molar-refractivity contribution in [2.75, 3.05) is 0 Å². The van der Waals surface area contributed by atoms with E-state index in [1.165, 1.54) is 0 Å². The Hall–Kier alpha value is -0.550. The number of rotatable bonds is 3. The Morgan fingerprint density at radius 2 is 1.00 bits per heavy atom. The van der Waals surface area contributed by atoms with Gasteiger partial charge in [-0.25, -0.2) is 4.39 Å². The molecule has 148 valence electrons. The molecule has 0 amide bonds. The van der Waals surface area contributed by atoms with E-state index in [1.54, 1.807) is 0 Å². The van der Waals surface area contributed by atoms with Crippen LogP contribution in [0.3, 0.4) is 0 Å². The molecule has 0 radical (unpaired) electrons. The Bertz CT molecular complexity index is 562. The van der Waals surface area contributed by atoms with E-state index in [4.69, 9.17) is 0 Å². The van der Waals surface area contributed by atoms with Gasteiger partial charge in [0.25, 0.3) is 0 Å². The van der Waals surface area contributed by atoms with Gasteiger partial charge >= 0.3 is 71.4 Å². The fourth-order valence-corrected chi connectivity index (χ4v) is 1.75. The van der Waals surface area contributed by atoms with Gasteiger partial charge in [-0.15, -0.1) is 4.90 Å². The summed E-state index contributed by atoms with van der Waals surface area (Å²) in [6, 6.07) is -22.9. The summed E-state index contributed by atoms with van der Waals surface area (Å²) in [4.78, 5) is 5.92. The molecule has 1 unspecified atom stereocenters. The second-order valence-corrected chi connectivity index (χ2v) is 4.55. The molecule has 0 aromatic heterocycles. The number of nitrogens with zero attached hydrogens (tertiary/aromatic N) is 1. The number of carbonyl (C=O) groups excluding carboxylic acids is 1. The van der Waals surface area contributed by atoms with Gasteiger partial charge in [0, 0.05) is 0 Å². The van der Waals surface area contributed by atoms with E-state index in [0.717, 1.165) is 0 Å². The Morgan fingerprint density at radius 3 is 1.19 bits per heavy atom. The van der Waals surface area contributed by atoms with Gasteiger partial charge in [-0.3, -0.25) is 0 Å². The van der Waals surface area contributed by atoms with Crippen molar-refractivity contribution in [1.29, 1.82) is 0 Å². The Morgan fingerprint density at radius 1 is 0.731 bits per heavy atom. The molecule has 3 nitrogen and oxygen atoms in total. The van der Waals surface area contributed by atoms with Crippen LogP contribution in [0.5, 0.6) is 0 Å². The summed E-state index contributed by atoms with van der Waals surface area (Å²) in [5.74, 6) is -19.5. The predicted molar refractivity (Wildman–Crippen MR) is 41.5 cm³/mol. The van der Waals surface area contributed by atoms with Crippen molar-refractivity contribution in [3.63, 3.8) is 0 Å². The first-order chi connectivity index (χ1) is 10.6. The van der Waals surface area contributed by atoms with Gasteiger partial charge in [0.05, 0.1) is 5.97 Å². The third-order valence-electron chi connectivity index (χ3n) is 3.08. The maximum Gasteiger partial charge on any atom is 1.00 e. The summed E-state index contributed by atoms with van der Waals surface area (Å²) < 4.78 is 180. The minimum absolute atomic E-state index is 0. The number of hydrogen-bond donors (Lipinski definition) is 0.